The Morgan fingerprint density at radius 3 is 2.79 bits per heavy atom. The smallest absolute Gasteiger partial charge is 0.335 e. The molecule has 1 aromatic heterocycles. The number of likely N-dealkylation sites (N-methyl/N-ethyl adjacent to an activating group) is 1. The summed E-state index contributed by atoms with van der Waals surface area (Å²) in [5, 5.41) is 9.11. The Labute approximate surface area is 112 Å². The zero-order chi connectivity index (χ0) is 13.7. The van der Waals surface area contributed by atoms with Crippen LogP contribution >= 0.6 is 0 Å². The van der Waals surface area contributed by atoms with E-state index in [-0.39, 0.29) is 0 Å². The third-order valence-corrected chi connectivity index (χ3v) is 3.04. The molecule has 0 aliphatic carbocycles. The number of carboxylic acids is 1. The first-order valence-corrected chi connectivity index (χ1v) is 6.17. The van der Waals surface area contributed by atoms with Gasteiger partial charge in [0.2, 0.25) is 0 Å². The molecule has 0 radical (unpaired) electrons. The molecule has 0 atom stereocenters. The van der Waals surface area contributed by atoms with E-state index >= 15 is 0 Å². The van der Waals surface area contributed by atoms with Crippen molar-refractivity contribution < 1.29 is 14.3 Å². The van der Waals surface area contributed by atoms with Crippen molar-refractivity contribution in [2.75, 3.05) is 13.6 Å². The Kier molecular flexibility index (Phi) is 4.36. The summed E-state index contributed by atoms with van der Waals surface area (Å²) in [6.45, 7) is 1.60. The highest BCUT2D eigenvalue weighted by atomic mass is 16.4. The minimum Gasteiger partial charge on any atom is -0.478 e. The van der Waals surface area contributed by atoms with Crippen molar-refractivity contribution >= 4 is 5.97 Å². The van der Waals surface area contributed by atoms with E-state index in [0.717, 1.165) is 30.6 Å². The zero-order valence-electron chi connectivity index (χ0n) is 10.9. The third kappa shape index (κ3) is 3.69. The fourth-order valence-electron chi connectivity index (χ4n) is 2.03. The molecule has 100 valence electrons. The van der Waals surface area contributed by atoms with Crippen LogP contribution in [0.2, 0.25) is 0 Å². The molecule has 4 heteroatoms. The molecule has 0 fully saturated rings. The summed E-state index contributed by atoms with van der Waals surface area (Å²) >= 11 is 0. The van der Waals surface area contributed by atoms with Gasteiger partial charge in [-0.05, 0) is 31.2 Å². The van der Waals surface area contributed by atoms with Gasteiger partial charge in [-0.2, -0.15) is 0 Å². The van der Waals surface area contributed by atoms with Crippen LogP contribution in [0, 0.1) is 0 Å². The normalized spacial score (nSPS) is 10.8. The maximum absolute atomic E-state index is 11.1. The number of hydrogen-bond acceptors (Lipinski definition) is 3. The molecule has 0 aliphatic rings. The summed E-state index contributed by atoms with van der Waals surface area (Å²) in [6, 6.07) is 9.07. The van der Waals surface area contributed by atoms with Gasteiger partial charge in [-0.1, -0.05) is 18.2 Å². The highest BCUT2D eigenvalue weighted by molar-refractivity contribution is 5.89. The fourth-order valence-corrected chi connectivity index (χ4v) is 2.03. The van der Waals surface area contributed by atoms with Crippen molar-refractivity contribution in [3.63, 3.8) is 0 Å². The summed E-state index contributed by atoms with van der Waals surface area (Å²) in [5.41, 5.74) is 2.38. The molecule has 0 bridgehead atoms. The van der Waals surface area contributed by atoms with E-state index in [1.165, 1.54) is 0 Å². The van der Waals surface area contributed by atoms with Crippen molar-refractivity contribution in [2.24, 2.45) is 0 Å². The molecule has 2 aromatic rings. The number of hydrogen-bond donors (Lipinski definition) is 1. The van der Waals surface area contributed by atoms with Crippen molar-refractivity contribution in [2.45, 2.75) is 13.0 Å². The van der Waals surface area contributed by atoms with Crippen molar-refractivity contribution in [1.29, 1.82) is 0 Å². The first kappa shape index (κ1) is 13.4. The van der Waals surface area contributed by atoms with Gasteiger partial charge in [0.25, 0.3) is 0 Å². The summed E-state index contributed by atoms with van der Waals surface area (Å²) in [6.07, 6.45) is 4.10. The van der Waals surface area contributed by atoms with Crippen molar-refractivity contribution in [3.8, 4) is 0 Å². The molecule has 1 heterocycles. The van der Waals surface area contributed by atoms with Gasteiger partial charge in [-0.3, -0.25) is 0 Å². The van der Waals surface area contributed by atoms with Crippen LogP contribution in [0.5, 0.6) is 0 Å². The maximum Gasteiger partial charge on any atom is 0.335 e. The molecule has 0 spiro atoms. The number of carbonyl (C=O) groups is 1. The summed E-state index contributed by atoms with van der Waals surface area (Å²) in [4.78, 5) is 13.2. The quantitative estimate of drug-likeness (QED) is 0.866. The Bertz CT molecular complexity index is 534. The van der Waals surface area contributed by atoms with Gasteiger partial charge in [-0.15, -0.1) is 0 Å². The third-order valence-electron chi connectivity index (χ3n) is 3.04. The number of furan rings is 1. The van der Waals surface area contributed by atoms with Crippen LogP contribution in [0.3, 0.4) is 0 Å². The number of aromatic carboxylic acids is 1. The van der Waals surface area contributed by atoms with Crippen molar-refractivity contribution in [3.05, 3.63) is 59.5 Å². The Morgan fingerprint density at radius 1 is 1.32 bits per heavy atom. The van der Waals surface area contributed by atoms with E-state index < -0.39 is 5.97 Å². The highest BCUT2D eigenvalue weighted by Crippen LogP contribution is 2.11. The van der Waals surface area contributed by atoms with E-state index in [0.29, 0.717) is 5.56 Å². The lowest BCUT2D eigenvalue weighted by Crippen LogP contribution is -2.21. The molecule has 19 heavy (non-hydrogen) atoms. The molecular weight excluding hydrogens is 242 g/mol. The predicted octanol–water partition coefficient (Wildman–Crippen LogP) is 2.65. The second-order valence-corrected chi connectivity index (χ2v) is 4.58. The number of rotatable bonds is 6. The topological polar surface area (TPSA) is 53.7 Å². The van der Waals surface area contributed by atoms with Gasteiger partial charge in [-0.25, -0.2) is 4.79 Å². The van der Waals surface area contributed by atoms with Gasteiger partial charge >= 0.3 is 5.97 Å². The first-order valence-electron chi connectivity index (χ1n) is 6.17. The van der Waals surface area contributed by atoms with E-state index in [2.05, 4.69) is 4.90 Å². The number of carboxylic acid groups (broad SMARTS) is 1. The van der Waals surface area contributed by atoms with Crippen LogP contribution in [0.1, 0.15) is 21.5 Å². The molecule has 4 nitrogen and oxygen atoms in total. The van der Waals surface area contributed by atoms with Crippen LogP contribution in [0.15, 0.2) is 47.3 Å². The molecule has 1 aromatic carbocycles. The van der Waals surface area contributed by atoms with E-state index in [1.807, 2.05) is 25.2 Å². The van der Waals surface area contributed by atoms with E-state index in [9.17, 15) is 4.79 Å². The van der Waals surface area contributed by atoms with Crippen LogP contribution < -0.4 is 0 Å². The Hall–Kier alpha value is -2.07. The van der Waals surface area contributed by atoms with Crippen LogP contribution in [-0.2, 0) is 13.0 Å². The van der Waals surface area contributed by atoms with Gasteiger partial charge in [0.05, 0.1) is 18.1 Å². The SMILES string of the molecule is CN(CCc1ccccc1C(=O)O)Cc1ccoc1. The van der Waals surface area contributed by atoms with E-state index in [4.69, 9.17) is 9.52 Å². The van der Waals surface area contributed by atoms with Gasteiger partial charge in [0.1, 0.15) is 0 Å². The van der Waals surface area contributed by atoms with Crippen LogP contribution in [0.25, 0.3) is 0 Å². The average Bonchev–Trinajstić information content (AvgIpc) is 2.89. The van der Waals surface area contributed by atoms with Crippen LogP contribution in [-0.4, -0.2) is 29.6 Å². The fraction of sp³-hybridized carbons (Fsp3) is 0.267. The van der Waals surface area contributed by atoms with Gasteiger partial charge < -0.3 is 14.4 Å². The zero-order valence-corrected chi connectivity index (χ0v) is 10.9. The lowest BCUT2D eigenvalue weighted by Gasteiger charge is -2.16. The Morgan fingerprint density at radius 2 is 2.11 bits per heavy atom. The minimum atomic E-state index is -0.868. The molecule has 0 aliphatic heterocycles. The maximum atomic E-state index is 11.1. The molecular formula is C15H17NO3. The molecule has 2 rings (SSSR count). The van der Waals surface area contributed by atoms with Gasteiger partial charge in [0.15, 0.2) is 0 Å². The molecule has 0 saturated heterocycles. The second kappa shape index (κ2) is 6.20. The van der Waals surface area contributed by atoms with E-state index in [1.54, 1.807) is 24.7 Å². The first-order chi connectivity index (χ1) is 9.16. The molecule has 0 amide bonds. The monoisotopic (exact) mass is 259 g/mol. The summed E-state index contributed by atoms with van der Waals surface area (Å²) < 4.78 is 5.02. The summed E-state index contributed by atoms with van der Waals surface area (Å²) in [7, 11) is 2.01. The molecule has 1 N–H and O–H groups in total. The van der Waals surface area contributed by atoms with Gasteiger partial charge in [0, 0.05) is 18.7 Å². The average molecular weight is 259 g/mol. The molecule has 0 unspecified atom stereocenters. The Balaban J connectivity index is 1.93. The highest BCUT2D eigenvalue weighted by Gasteiger charge is 2.09. The standard InChI is InChI=1S/C15H17NO3/c1-16(10-12-7-9-19-11-12)8-6-13-4-2-3-5-14(13)15(17)18/h2-5,7,9,11H,6,8,10H2,1H3,(H,17,18). The number of nitrogens with zero attached hydrogens (tertiary/aromatic N) is 1. The lowest BCUT2D eigenvalue weighted by atomic mass is 10.0. The minimum absolute atomic E-state index is 0.388. The largest absolute Gasteiger partial charge is 0.478 e. The predicted molar refractivity (Wildman–Crippen MR) is 72.1 cm³/mol. The summed E-state index contributed by atoms with van der Waals surface area (Å²) in [5.74, 6) is -0.868. The van der Waals surface area contributed by atoms with Crippen molar-refractivity contribution in [1.82, 2.24) is 4.90 Å². The van der Waals surface area contributed by atoms with Crippen LogP contribution in [0.4, 0.5) is 0 Å². The molecule has 0 saturated carbocycles. The number of benzene rings is 1. The lowest BCUT2D eigenvalue weighted by molar-refractivity contribution is 0.0695. The second-order valence-electron chi connectivity index (χ2n) is 4.58.